The van der Waals surface area contributed by atoms with Gasteiger partial charge >= 0.3 is 0 Å². The van der Waals surface area contributed by atoms with Gasteiger partial charge in [-0.25, -0.2) is 0 Å². The fourth-order valence-corrected chi connectivity index (χ4v) is 2.95. The molecule has 0 bridgehead atoms. The van der Waals surface area contributed by atoms with Gasteiger partial charge in [0.1, 0.15) is 0 Å². The van der Waals surface area contributed by atoms with E-state index in [0.717, 1.165) is 12.2 Å². The summed E-state index contributed by atoms with van der Waals surface area (Å²) in [5, 5.41) is 15.6. The van der Waals surface area contributed by atoms with Crippen LogP contribution in [0.15, 0.2) is 60.8 Å². The maximum Gasteiger partial charge on any atom is 0.251 e. The number of fused-ring (bicyclic) bond motifs is 1. The zero-order valence-corrected chi connectivity index (χ0v) is 14.3. The highest BCUT2D eigenvalue weighted by molar-refractivity contribution is 5.94. The summed E-state index contributed by atoms with van der Waals surface area (Å²) in [6, 6.07) is 17.5. The number of nitrogens with zero attached hydrogens (tertiary/aromatic N) is 5. The van der Waals surface area contributed by atoms with Crippen molar-refractivity contribution in [3.8, 4) is 5.69 Å². The molecule has 0 atom stereocenters. The van der Waals surface area contributed by atoms with Crippen LogP contribution >= 0.6 is 0 Å². The highest BCUT2D eigenvalue weighted by Gasteiger charge is 2.08. The van der Waals surface area contributed by atoms with E-state index in [4.69, 9.17) is 0 Å². The molecule has 2 aromatic carbocycles. The molecule has 26 heavy (non-hydrogen) atoms. The van der Waals surface area contributed by atoms with Gasteiger partial charge in [-0.05, 0) is 59.1 Å². The molecule has 0 saturated carbocycles. The average Bonchev–Trinajstić information content (AvgIpc) is 3.28. The molecule has 4 rings (SSSR count). The lowest BCUT2D eigenvalue weighted by Gasteiger charge is -2.08. The molecule has 130 valence electrons. The molecule has 0 aliphatic carbocycles. The first-order valence-electron chi connectivity index (χ1n) is 8.40. The Morgan fingerprint density at radius 1 is 1.08 bits per heavy atom. The Morgan fingerprint density at radius 3 is 2.65 bits per heavy atom. The van der Waals surface area contributed by atoms with Gasteiger partial charge in [0, 0.05) is 30.4 Å². The van der Waals surface area contributed by atoms with Crippen molar-refractivity contribution in [2.45, 2.75) is 13.5 Å². The van der Waals surface area contributed by atoms with E-state index >= 15 is 0 Å². The summed E-state index contributed by atoms with van der Waals surface area (Å²) < 4.78 is 3.76. The third-order valence-electron chi connectivity index (χ3n) is 4.32. The lowest BCUT2D eigenvalue weighted by atomic mass is 10.2. The highest BCUT2D eigenvalue weighted by atomic mass is 16.1. The number of rotatable bonds is 5. The van der Waals surface area contributed by atoms with E-state index in [1.165, 1.54) is 10.9 Å². The summed E-state index contributed by atoms with van der Waals surface area (Å²) in [7, 11) is 0. The number of nitrogens with one attached hydrogen (secondary N) is 1. The van der Waals surface area contributed by atoms with Crippen molar-refractivity contribution in [2.24, 2.45) is 0 Å². The number of amides is 1. The molecule has 1 N–H and O–H groups in total. The number of para-hydroxylation sites is 1. The van der Waals surface area contributed by atoms with Crippen LogP contribution < -0.4 is 5.32 Å². The molecule has 0 spiro atoms. The Bertz CT molecular complexity index is 1050. The number of aromatic nitrogens is 5. The zero-order valence-electron chi connectivity index (χ0n) is 14.3. The molecule has 2 aromatic heterocycles. The molecule has 7 heteroatoms. The van der Waals surface area contributed by atoms with E-state index in [9.17, 15) is 4.79 Å². The van der Waals surface area contributed by atoms with Gasteiger partial charge in [0.15, 0.2) is 5.82 Å². The normalized spacial score (nSPS) is 11.0. The van der Waals surface area contributed by atoms with Gasteiger partial charge in [-0.3, -0.25) is 4.79 Å². The summed E-state index contributed by atoms with van der Waals surface area (Å²) in [5.41, 5.74) is 2.60. The van der Waals surface area contributed by atoms with Gasteiger partial charge in [0.25, 0.3) is 5.91 Å². The lowest BCUT2D eigenvalue weighted by molar-refractivity contribution is 0.0952. The standard InChI is InChI=1S/C19H18N6O/c1-14-21-22-23-25(14)17-8-6-16(7-9-17)19(26)20-11-13-24-12-10-15-4-2-3-5-18(15)24/h2-10,12H,11,13H2,1H3,(H,20,26). The van der Waals surface area contributed by atoms with Crippen LogP contribution in [0, 0.1) is 6.92 Å². The third-order valence-corrected chi connectivity index (χ3v) is 4.32. The zero-order chi connectivity index (χ0) is 17.9. The summed E-state index contributed by atoms with van der Waals surface area (Å²) in [6.07, 6.45) is 2.04. The smallest absolute Gasteiger partial charge is 0.251 e. The first-order chi connectivity index (χ1) is 12.7. The Morgan fingerprint density at radius 2 is 1.88 bits per heavy atom. The Kier molecular flexibility index (Phi) is 4.18. The van der Waals surface area contributed by atoms with E-state index in [-0.39, 0.29) is 5.91 Å². The van der Waals surface area contributed by atoms with Crippen LogP contribution in [-0.4, -0.2) is 37.2 Å². The van der Waals surface area contributed by atoms with E-state index in [1.54, 1.807) is 16.8 Å². The topological polar surface area (TPSA) is 77.6 Å². The van der Waals surface area contributed by atoms with E-state index in [0.29, 0.717) is 17.9 Å². The minimum Gasteiger partial charge on any atom is -0.350 e. The fraction of sp³-hybridized carbons (Fsp3) is 0.158. The van der Waals surface area contributed by atoms with Crippen molar-refractivity contribution in [1.29, 1.82) is 0 Å². The van der Waals surface area contributed by atoms with E-state index in [2.05, 4.69) is 43.6 Å². The van der Waals surface area contributed by atoms with Crippen molar-refractivity contribution < 1.29 is 4.79 Å². The lowest BCUT2D eigenvalue weighted by Crippen LogP contribution is -2.27. The second-order valence-corrected chi connectivity index (χ2v) is 6.01. The van der Waals surface area contributed by atoms with Gasteiger partial charge < -0.3 is 9.88 Å². The van der Waals surface area contributed by atoms with Gasteiger partial charge in [-0.2, -0.15) is 4.68 Å². The fourth-order valence-electron chi connectivity index (χ4n) is 2.95. The van der Waals surface area contributed by atoms with Crippen LogP contribution in [-0.2, 0) is 6.54 Å². The second kappa shape index (κ2) is 6.79. The van der Waals surface area contributed by atoms with Crippen molar-refractivity contribution >= 4 is 16.8 Å². The van der Waals surface area contributed by atoms with Gasteiger partial charge in [-0.1, -0.05) is 18.2 Å². The second-order valence-electron chi connectivity index (χ2n) is 6.01. The largest absolute Gasteiger partial charge is 0.350 e. The van der Waals surface area contributed by atoms with Crippen LogP contribution in [0.25, 0.3) is 16.6 Å². The minimum absolute atomic E-state index is 0.0959. The van der Waals surface area contributed by atoms with Gasteiger partial charge in [-0.15, -0.1) is 5.10 Å². The Hall–Kier alpha value is -3.48. The van der Waals surface area contributed by atoms with Crippen LogP contribution in [0.2, 0.25) is 0 Å². The SMILES string of the molecule is Cc1nnnn1-c1ccc(C(=O)NCCn2ccc3ccccc32)cc1. The van der Waals surface area contributed by atoms with E-state index in [1.807, 2.05) is 37.4 Å². The average molecular weight is 346 g/mol. The maximum absolute atomic E-state index is 12.3. The first kappa shape index (κ1) is 16.0. The van der Waals surface area contributed by atoms with Crippen LogP contribution in [0.5, 0.6) is 0 Å². The maximum atomic E-state index is 12.3. The molecule has 7 nitrogen and oxygen atoms in total. The monoisotopic (exact) mass is 346 g/mol. The number of benzene rings is 2. The molecule has 4 aromatic rings. The number of hydrogen-bond acceptors (Lipinski definition) is 4. The molecular weight excluding hydrogens is 328 g/mol. The van der Waals surface area contributed by atoms with Crippen LogP contribution in [0.1, 0.15) is 16.2 Å². The van der Waals surface area contributed by atoms with Crippen LogP contribution in [0.3, 0.4) is 0 Å². The quantitative estimate of drug-likeness (QED) is 0.602. The summed E-state index contributed by atoms with van der Waals surface area (Å²) in [4.78, 5) is 12.3. The van der Waals surface area contributed by atoms with E-state index < -0.39 is 0 Å². The first-order valence-corrected chi connectivity index (χ1v) is 8.40. The molecule has 2 heterocycles. The molecule has 0 aliphatic rings. The predicted molar refractivity (Wildman–Crippen MR) is 98.2 cm³/mol. The summed E-state index contributed by atoms with van der Waals surface area (Å²) in [6.45, 7) is 3.11. The number of aryl methyl sites for hydroxylation is 1. The van der Waals surface area contributed by atoms with Crippen molar-refractivity contribution in [1.82, 2.24) is 30.1 Å². The predicted octanol–water partition coefficient (Wildman–Crippen LogP) is 2.36. The Labute approximate surface area is 150 Å². The number of tetrazole rings is 1. The number of hydrogen-bond donors (Lipinski definition) is 1. The van der Waals surface area contributed by atoms with Crippen molar-refractivity contribution in [3.05, 3.63) is 72.2 Å². The molecule has 0 fully saturated rings. The molecular formula is C19H18N6O. The molecule has 0 saturated heterocycles. The van der Waals surface area contributed by atoms with Crippen molar-refractivity contribution in [2.75, 3.05) is 6.54 Å². The summed E-state index contributed by atoms with van der Waals surface area (Å²) >= 11 is 0. The van der Waals surface area contributed by atoms with Crippen LogP contribution in [0.4, 0.5) is 0 Å². The minimum atomic E-state index is -0.0959. The number of carbonyl (C=O) groups excluding carboxylic acids is 1. The third kappa shape index (κ3) is 3.06. The Balaban J connectivity index is 1.38. The molecule has 0 radical (unpaired) electrons. The van der Waals surface area contributed by atoms with Gasteiger partial charge in [0.05, 0.1) is 5.69 Å². The highest BCUT2D eigenvalue weighted by Crippen LogP contribution is 2.14. The molecule has 0 aliphatic heterocycles. The number of carbonyl (C=O) groups is 1. The molecule has 1 amide bonds. The summed E-state index contributed by atoms with van der Waals surface area (Å²) in [5.74, 6) is 0.600. The molecule has 0 unspecified atom stereocenters. The van der Waals surface area contributed by atoms with Crippen molar-refractivity contribution in [3.63, 3.8) is 0 Å². The van der Waals surface area contributed by atoms with Gasteiger partial charge in [0.2, 0.25) is 0 Å².